The molecule has 3 nitrogen and oxygen atoms in total. The number of pyridine rings is 1. The molecule has 1 aromatic rings. The number of hydrogen-bond acceptors (Lipinski definition) is 3. The maximum absolute atomic E-state index is 5.35. The molecule has 1 rings (SSSR count). The van der Waals surface area contributed by atoms with Gasteiger partial charge < -0.3 is 10.1 Å². The highest BCUT2D eigenvalue weighted by atomic mass is 16.5. The van der Waals surface area contributed by atoms with E-state index in [1.54, 1.807) is 0 Å². The molecular weight excluding hydrogens is 188 g/mol. The van der Waals surface area contributed by atoms with Crippen molar-refractivity contribution in [1.82, 2.24) is 10.3 Å². The van der Waals surface area contributed by atoms with Crippen molar-refractivity contribution in [3.05, 3.63) is 30.1 Å². The van der Waals surface area contributed by atoms with Crippen molar-refractivity contribution in [1.29, 1.82) is 0 Å². The molecule has 1 aromatic heterocycles. The second-order valence-corrected chi connectivity index (χ2v) is 3.70. The first-order valence-electron chi connectivity index (χ1n) is 5.48. The molecule has 0 saturated carbocycles. The van der Waals surface area contributed by atoms with Gasteiger partial charge in [-0.25, -0.2) is 0 Å². The van der Waals surface area contributed by atoms with E-state index in [1.165, 1.54) is 0 Å². The lowest BCUT2D eigenvalue weighted by atomic mass is 10.2. The van der Waals surface area contributed by atoms with E-state index in [0.29, 0.717) is 6.04 Å². The lowest BCUT2D eigenvalue weighted by Crippen LogP contribution is -2.33. The zero-order valence-corrected chi connectivity index (χ0v) is 9.73. The molecule has 84 valence electrons. The second-order valence-electron chi connectivity index (χ2n) is 3.70. The van der Waals surface area contributed by atoms with Crippen LogP contribution in [-0.2, 0) is 4.74 Å². The number of nitrogens with one attached hydrogen (secondary N) is 1. The summed E-state index contributed by atoms with van der Waals surface area (Å²) in [6.45, 7) is 7.76. The number of rotatable bonds is 6. The van der Waals surface area contributed by atoms with E-state index in [-0.39, 0.29) is 6.04 Å². The first-order valence-corrected chi connectivity index (χ1v) is 5.48. The molecule has 3 heteroatoms. The van der Waals surface area contributed by atoms with Gasteiger partial charge in [0.2, 0.25) is 0 Å². The van der Waals surface area contributed by atoms with Crippen LogP contribution in [-0.4, -0.2) is 24.2 Å². The molecule has 0 amide bonds. The molecule has 0 aromatic carbocycles. The van der Waals surface area contributed by atoms with Gasteiger partial charge in [0.05, 0.1) is 12.3 Å². The highest BCUT2D eigenvalue weighted by Crippen LogP contribution is 2.08. The molecule has 0 spiro atoms. The van der Waals surface area contributed by atoms with Crippen molar-refractivity contribution in [2.24, 2.45) is 0 Å². The van der Waals surface area contributed by atoms with Gasteiger partial charge in [0.25, 0.3) is 0 Å². The Bertz CT molecular complexity index is 264. The monoisotopic (exact) mass is 208 g/mol. The largest absolute Gasteiger partial charge is 0.380 e. The van der Waals surface area contributed by atoms with Gasteiger partial charge in [-0.3, -0.25) is 4.98 Å². The summed E-state index contributed by atoms with van der Waals surface area (Å²) in [5.41, 5.74) is 1.07. The summed E-state index contributed by atoms with van der Waals surface area (Å²) in [6.07, 6.45) is 1.82. The molecule has 15 heavy (non-hydrogen) atoms. The van der Waals surface area contributed by atoms with Crippen LogP contribution in [0.2, 0.25) is 0 Å². The summed E-state index contributed by atoms with van der Waals surface area (Å²) >= 11 is 0. The van der Waals surface area contributed by atoms with E-state index in [4.69, 9.17) is 4.74 Å². The van der Waals surface area contributed by atoms with Crippen LogP contribution in [0.5, 0.6) is 0 Å². The summed E-state index contributed by atoms with van der Waals surface area (Å²) in [6, 6.07) is 6.59. The van der Waals surface area contributed by atoms with Gasteiger partial charge in [0.1, 0.15) is 0 Å². The Morgan fingerprint density at radius 3 is 2.80 bits per heavy atom. The highest BCUT2D eigenvalue weighted by molar-refractivity contribution is 5.07. The zero-order valence-electron chi connectivity index (χ0n) is 9.73. The van der Waals surface area contributed by atoms with Crippen molar-refractivity contribution in [2.75, 3.05) is 13.2 Å². The summed E-state index contributed by atoms with van der Waals surface area (Å²) in [5.74, 6) is 0. The molecular formula is C12H20N2O. The van der Waals surface area contributed by atoms with Crippen molar-refractivity contribution in [3.8, 4) is 0 Å². The minimum Gasteiger partial charge on any atom is -0.380 e. The Kier molecular flexibility index (Phi) is 5.29. The van der Waals surface area contributed by atoms with Crippen LogP contribution in [0, 0.1) is 0 Å². The smallest absolute Gasteiger partial charge is 0.0616 e. The van der Waals surface area contributed by atoms with Crippen molar-refractivity contribution < 1.29 is 4.74 Å². The Balaban J connectivity index is 2.38. The molecule has 1 N–H and O–H groups in total. The molecule has 0 bridgehead atoms. The first kappa shape index (κ1) is 12.1. The average Bonchev–Trinajstić information content (AvgIpc) is 2.27. The number of hydrogen-bond donors (Lipinski definition) is 1. The lowest BCUT2D eigenvalue weighted by molar-refractivity contribution is 0.124. The SMILES string of the molecule is CCOCC(C)N[C@H](C)c1ccccn1. The molecule has 0 aliphatic heterocycles. The third-order valence-corrected chi connectivity index (χ3v) is 2.24. The summed E-state index contributed by atoms with van der Waals surface area (Å²) in [4.78, 5) is 4.31. The molecule has 0 fully saturated rings. The van der Waals surface area contributed by atoms with Crippen LogP contribution in [0.15, 0.2) is 24.4 Å². The topological polar surface area (TPSA) is 34.1 Å². The van der Waals surface area contributed by atoms with Crippen molar-refractivity contribution in [2.45, 2.75) is 32.9 Å². The van der Waals surface area contributed by atoms with Crippen LogP contribution in [0.25, 0.3) is 0 Å². The second kappa shape index (κ2) is 6.53. The van der Waals surface area contributed by atoms with E-state index >= 15 is 0 Å². The van der Waals surface area contributed by atoms with Gasteiger partial charge in [-0.1, -0.05) is 6.07 Å². The predicted octanol–water partition coefficient (Wildman–Crippen LogP) is 2.16. The third kappa shape index (κ3) is 4.40. The number of nitrogens with zero attached hydrogens (tertiary/aromatic N) is 1. The van der Waals surface area contributed by atoms with Gasteiger partial charge in [0.15, 0.2) is 0 Å². The molecule has 0 saturated heterocycles. The van der Waals surface area contributed by atoms with E-state index in [2.05, 4.69) is 24.1 Å². The van der Waals surface area contributed by atoms with Crippen LogP contribution in [0.1, 0.15) is 32.5 Å². The van der Waals surface area contributed by atoms with Crippen LogP contribution in [0.3, 0.4) is 0 Å². The molecule has 2 atom stereocenters. The van der Waals surface area contributed by atoms with Gasteiger partial charge in [-0.05, 0) is 32.9 Å². The molecule has 1 unspecified atom stereocenters. The zero-order chi connectivity index (χ0) is 11.1. The molecule has 0 aliphatic rings. The normalized spacial score (nSPS) is 14.9. The van der Waals surface area contributed by atoms with Crippen LogP contribution >= 0.6 is 0 Å². The lowest BCUT2D eigenvalue weighted by Gasteiger charge is -2.19. The Labute approximate surface area is 91.9 Å². The Morgan fingerprint density at radius 2 is 2.20 bits per heavy atom. The summed E-state index contributed by atoms with van der Waals surface area (Å²) < 4.78 is 5.35. The standard InChI is InChI=1S/C12H20N2O/c1-4-15-9-10(2)14-11(3)12-7-5-6-8-13-12/h5-8,10-11,14H,4,9H2,1-3H3/t10?,11-/m1/s1. The fourth-order valence-electron chi connectivity index (χ4n) is 1.49. The number of ether oxygens (including phenoxy) is 1. The van der Waals surface area contributed by atoms with E-state index < -0.39 is 0 Å². The number of aromatic nitrogens is 1. The minimum atomic E-state index is 0.265. The Hall–Kier alpha value is -0.930. The minimum absolute atomic E-state index is 0.265. The third-order valence-electron chi connectivity index (χ3n) is 2.24. The van der Waals surface area contributed by atoms with Gasteiger partial charge in [-0.2, -0.15) is 0 Å². The summed E-state index contributed by atoms with van der Waals surface area (Å²) in [5, 5.41) is 3.44. The fourth-order valence-corrected chi connectivity index (χ4v) is 1.49. The average molecular weight is 208 g/mol. The van der Waals surface area contributed by atoms with Crippen LogP contribution in [0.4, 0.5) is 0 Å². The van der Waals surface area contributed by atoms with E-state index in [1.807, 2.05) is 31.3 Å². The van der Waals surface area contributed by atoms with E-state index in [9.17, 15) is 0 Å². The molecule has 0 radical (unpaired) electrons. The van der Waals surface area contributed by atoms with Gasteiger partial charge in [-0.15, -0.1) is 0 Å². The van der Waals surface area contributed by atoms with Gasteiger partial charge in [0, 0.05) is 24.9 Å². The highest BCUT2D eigenvalue weighted by Gasteiger charge is 2.09. The molecule has 1 heterocycles. The quantitative estimate of drug-likeness (QED) is 0.778. The molecule has 0 aliphatic carbocycles. The van der Waals surface area contributed by atoms with Crippen molar-refractivity contribution in [3.63, 3.8) is 0 Å². The Morgan fingerprint density at radius 1 is 1.40 bits per heavy atom. The van der Waals surface area contributed by atoms with Gasteiger partial charge >= 0.3 is 0 Å². The van der Waals surface area contributed by atoms with Crippen LogP contribution < -0.4 is 5.32 Å². The predicted molar refractivity (Wildman–Crippen MR) is 61.7 cm³/mol. The summed E-state index contributed by atoms with van der Waals surface area (Å²) in [7, 11) is 0. The van der Waals surface area contributed by atoms with Crippen molar-refractivity contribution >= 4 is 0 Å². The maximum Gasteiger partial charge on any atom is 0.0616 e. The van der Waals surface area contributed by atoms with E-state index in [0.717, 1.165) is 18.9 Å². The first-order chi connectivity index (χ1) is 7.24. The fraction of sp³-hybridized carbons (Fsp3) is 0.583. The maximum atomic E-state index is 5.35.